The molecule has 0 N–H and O–H groups in total. The second-order valence-electron chi connectivity index (χ2n) is 3.73. The van der Waals surface area contributed by atoms with Crippen molar-refractivity contribution in [3.8, 4) is 0 Å². The minimum Gasteiger partial charge on any atom is -0.379 e. The third kappa shape index (κ3) is 4.13. The standard InChI is InChI=1S/C10H10BrClO3S2/c11-9-3-7(6-17(12,13)14)1-2-10(9)16-8-4-15-5-8/h1-3,8H,4-6H2. The van der Waals surface area contributed by atoms with E-state index >= 15 is 0 Å². The van der Waals surface area contributed by atoms with E-state index in [0.717, 1.165) is 22.6 Å². The van der Waals surface area contributed by atoms with Crippen molar-refractivity contribution in [2.24, 2.45) is 0 Å². The van der Waals surface area contributed by atoms with Crippen LogP contribution in [0, 0.1) is 0 Å². The minimum atomic E-state index is -3.50. The maximum absolute atomic E-state index is 11.0. The van der Waals surface area contributed by atoms with Crippen molar-refractivity contribution < 1.29 is 13.2 Å². The molecule has 0 spiro atoms. The molecule has 1 aromatic rings. The molecule has 1 fully saturated rings. The van der Waals surface area contributed by atoms with Gasteiger partial charge >= 0.3 is 0 Å². The Morgan fingerprint density at radius 1 is 1.47 bits per heavy atom. The van der Waals surface area contributed by atoms with E-state index in [4.69, 9.17) is 15.4 Å². The number of halogens is 2. The van der Waals surface area contributed by atoms with E-state index in [1.54, 1.807) is 23.9 Å². The van der Waals surface area contributed by atoms with Crippen molar-refractivity contribution in [1.29, 1.82) is 0 Å². The summed E-state index contributed by atoms with van der Waals surface area (Å²) in [6.45, 7) is 1.55. The first kappa shape index (κ1) is 13.7. The van der Waals surface area contributed by atoms with Crippen LogP contribution in [-0.4, -0.2) is 26.9 Å². The van der Waals surface area contributed by atoms with Gasteiger partial charge in [-0.05, 0) is 33.6 Å². The van der Waals surface area contributed by atoms with Crippen LogP contribution in [0.3, 0.4) is 0 Å². The van der Waals surface area contributed by atoms with Gasteiger partial charge in [0.15, 0.2) is 0 Å². The van der Waals surface area contributed by atoms with E-state index in [-0.39, 0.29) is 5.75 Å². The summed E-state index contributed by atoms with van der Waals surface area (Å²) < 4.78 is 27.9. The molecule has 0 saturated carbocycles. The summed E-state index contributed by atoms with van der Waals surface area (Å²) in [4.78, 5) is 1.09. The molecule has 0 aromatic heterocycles. The lowest BCUT2D eigenvalue weighted by Gasteiger charge is -2.25. The third-order valence-corrected chi connectivity index (χ3v) is 5.38. The van der Waals surface area contributed by atoms with Gasteiger partial charge in [0.05, 0.1) is 24.2 Å². The quantitative estimate of drug-likeness (QED) is 0.777. The van der Waals surface area contributed by atoms with Gasteiger partial charge in [-0.3, -0.25) is 0 Å². The van der Waals surface area contributed by atoms with Gasteiger partial charge in [0.25, 0.3) is 0 Å². The fraction of sp³-hybridized carbons (Fsp3) is 0.400. The van der Waals surface area contributed by atoms with Crippen LogP contribution in [-0.2, 0) is 19.5 Å². The second kappa shape index (κ2) is 5.48. The van der Waals surface area contributed by atoms with E-state index < -0.39 is 9.05 Å². The molecule has 7 heteroatoms. The molecule has 17 heavy (non-hydrogen) atoms. The molecular weight excluding hydrogens is 348 g/mol. The first-order chi connectivity index (χ1) is 7.94. The number of benzene rings is 1. The van der Waals surface area contributed by atoms with E-state index in [1.807, 2.05) is 6.07 Å². The second-order valence-corrected chi connectivity index (χ2v) is 8.70. The molecule has 0 unspecified atom stereocenters. The first-order valence-electron chi connectivity index (χ1n) is 4.89. The molecule has 0 bridgehead atoms. The maximum Gasteiger partial charge on any atom is 0.236 e. The highest BCUT2D eigenvalue weighted by molar-refractivity contribution is 9.10. The van der Waals surface area contributed by atoms with Gasteiger partial charge in [-0.15, -0.1) is 11.8 Å². The molecule has 0 aliphatic carbocycles. The highest BCUT2D eigenvalue weighted by Crippen LogP contribution is 2.34. The van der Waals surface area contributed by atoms with Crippen molar-refractivity contribution >= 4 is 47.4 Å². The van der Waals surface area contributed by atoms with E-state index in [9.17, 15) is 8.42 Å². The zero-order valence-electron chi connectivity index (χ0n) is 8.73. The molecule has 1 aliphatic rings. The van der Waals surface area contributed by atoms with Crippen molar-refractivity contribution in [1.82, 2.24) is 0 Å². The molecule has 0 amide bonds. The summed E-state index contributed by atoms with van der Waals surface area (Å²) in [6.07, 6.45) is 0. The van der Waals surface area contributed by atoms with Crippen LogP contribution in [0.2, 0.25) is 0 Å². The Bertz CT molecular complexity index is 514. The monoisotopic (exact) mass is 356 g/mol. The first-order valence-corrected chi connectivity index (χ1v) is 9.04. The average Bonchev–Trinajstić information content (AvgIpc) is 2.11. The molecule has 0 atom stereocenters. The van der Waals surface area contributed by atoms with Gasteiger partial charge in [0, 0.05) is 20.1 Å². The highest BCUT2D eigenvalue weighted by Gasteiger charge is 2.20. The van der Waals surface area contributed by atoms with Gasteiger partial charge in [-0.2, -0.15) is 0 Å². The van der Waals surface area contributed by atoms with Crippen LogP contribution in [0.5, 0.6) is 0 Å². The zero-order valence-corrected chi connectivity index (χ0v) is 12.7. The fourth-order valence-corrected chi connectivity index (χ4v) is 4.06. The van der Waals surface area contributed by atoms with Crippen LogP contribution in [0.15, 0.2) is 27.6 Å². The Balaban J connectivity index is 2.10. The smallest absolute Gasteiger partial charge is 0.236 e. The summed E-state index contributed by atoms with van der Waals surface area (Å²) in [6, 6.07) is 5.48. The molecule has 1 saturated heterocycles. The molecule has 3 nitrogen and oxygen atoms in total. The minimum absolute atomic E-state index is 0.148. The summed E-state index contributed by atoms with van der Waals surface area (Å²) in [5, 5.41) is 0.494. The maximum atomic E-state index is 11.0. The summed E-state index contributed by atoms with van der Waals surface area (Å²) in [5.74, 6) is -0.148. The Morgan fingerprint density at radius 3 is 2.65 bits per heavy atom. The lowest BCUT2D eigenvalue weighted by Crippen LogP contribution is -2.30. The van der Waals surface area contributed by atoms with E-state index in [2.05, 4.69) is 15.9 Å². The number of ether oxygens (including phenoxy) is 1. The number of thioether (sulfide) groups is 1. The van der Waals surface area contributed by atoms with Crippen molar-refractivity contribution in [2.45, 2.75) is 15.9 Å². The number of hydrogen-bond donors (Lipinski definition) is 0. The van der Waals surface area contributed by atoms with Crippen LogP contribution in [0.1, 0.15) is 5.56 Å². The predicted octanol–water partition coefficient (Wildman–Crippen LogP) is 3.01. The van der Waals surface area contributed by atoms with Gasteiger partial charge in [-0.25, -0.2) is 8.42 Å². The molecule has 1 aliphatic heterocycles. The van der Waals surface area contributed by atoms with Gasteiger partial charge in [0.2, 0.25) is 9.05 Å². The summed E-state index contributed by atoms with van der Waals surface area (Å²) >= 11 is 5.17. The molecule has 94 valence electrons. The van der Waals surface area contributed by atoms with Crippen LogP contribution < -0.4 is 0 Å². The highest BCUT2D eigenvalue weighted by atomic mass is 79.9. The lowest BCUT2D eigenvalue weighted by atomic mass is 10.2. The van der Waals surface area contributed by atoms with Gasteiger partial charge < -0.3 is 4.74 Å². The SMILES string of the molecule is O=S(=O)(Cl)Cc1ccc(SC2COC2)c(Br)c1. The van der Waals surface area contributed by atoms with Crippen molar-refractivity contribution in [3.05, 3.63) is 28.2 Å². The average molecular weight is 358 g/mol. The van der Waals surface area contributed by atoms with Crippen LogP contribution in [0.25, 0.3) is 0 Å². The summed E-state index contributed by atoms with van der Waals surface area (Å²) in [5.41, 5.74) is 0.682. The number of rotatable bonds is 4. The van der Waals surface area contributed by atoms with E-state index in [0.29, 0.717) is 10.8 Å². The predicted molar refractivity (Wildman–Crippen MR) is 73.1 cm³/mol. The largest absolute Gasteiger partial charge is 0.379 e. The Kier molecular flexibility index (Phi) is 4.41. The lowest BCUT2D eigenvalue weighted by molar-refractivity contribution is 0.0455. The van der Waals surface area contributed by atoms with Crippen LogP contribution >= 0.6 is 38.4 Å². The Labute approximate surface area is 117 Å². The topological polar surface area (TPSA) is 43.4 Å². The summed E-state index contributed by atoms with van der Waals surface area (Å²) in [7, 11) is 1.71. The molecule has 1 heterocycles. The fourth-order valence-electron chi connectivity index (χ4n) is 1.39. The van der Waals surface area contributed by atoms with Gasteiger partial charge in [-0.1, -0.05) is 6.07 Å². The van der Waals surface area contributed by atoms with Gasteiger partial charge in [0.1, 0.15) is 0 Å². The third-order valence-electron chi connectivity index (χ3n) is 2.24. The normalized spacial score (nSPS) is 16.8. The molecular formula is C10H10BrClO3S2. The Morgan fingerprint density at radius 2 is 2.18 bits per heavy atom. The molecule has 1 aromatic carbocycles. The van der Waals surface area contributed by atoms with Crippen molar-refractivity contribution in [2.75, 3.05) is 13.2 Å². The van der Waals surface area contributed by atoms with Crippen LogP contribution in [0.4, 0.5) is 0 Å². The molecule has 2 rings (SSSR count). The Hall–Kier alpha value is 0.250. The zero-order chi connectivity index (χ0) is 12.5. The number of hydrogen-bond acceptors (Lipinski definition) is 4. The molecule has 0 radical (unpaired) electrons. The van der Waals surface area contributed by atoms with Crippen molar-refractivity contribution in [3.63, 3.8) is 0 Å². The van der Waals surface area contributed by atoms with E-state index in [1.165, 1.54) is 0 Å².